The molecule has 2 aliphatic carbocycles. The van der Waals surface area contributed by atoms with E-state index in [1.807, 2.05) is 0 Å². The molecule has 69 heavy (non-hydrogen) atoms. The normalized spacial score (nSPS) is 13.0. The Hall–Kier alpha value is -8.98. The second-order valence-electron chi connectivity index (χ2n) is 18.7. The highest BCUT2D eigenvalue weighted by Gasteiger charge is 2.51. The van der Waals surface area contributed by atoms with Crippen LogP contribution in [0, 0.1) is 0 Å². The van der Waals surface area contributed by atoms with E-state index in [1.165, 1.54) is 82.7 Å². The Bertz CT molecular complexity index is 4140. The van der Waals surface area contributed by atoms with Crippen LogP contribution in [0.15, 0.2) is 253 Å². The highest BCUT2D eigenvalue weighted by atomic mass is 16.3. The molecule has 0 bridgehead atoms. The molecule has 12 aromatic carbocycles. The van der Waals surface area contributed by atoms with Gasteiger partial charge in [0.05, 0.1) is 16.5 Å². The van der Waals surface area contributed by atoms with Crippen LogP contribution in [0.1, 0.15) is 22.3 Å². The van der Waals surface area contributed by atoms with Crippen LogP contribution in [0.2, 0.25) is 0 Å². The second kappa shape index (κ2) is 14.5. The number of benzene rings is 12. The lowest BCUT2D eigenvalue weighted by atomic mass is 9.70. The van der Waals surface area contributed by atoms with Crippen LogP contribution in [0.4, 0.5) is 17.1 Å². The van der Waals surface area contributed by atoms with Crippen LogP contribution in [0.25, 0.3) is 98.8 Å². The minimum absolute atomic E-state index is 0.401. The van der Waals surface area contributed by atoms with Crippen molar-refractivity contribution >= 4 is 71.3 Å². The van der Waals surface area contributed by atoms with Gasteiger partial charge in [-0.25, -0.2) is 0 Å². The van der Waals surface area contributed by atoms with E-state index in [0.717, 1.165) is 55.3 Å². The molecule has 0 fully saturated rings. The summed E-state index contributed by atoms with van der Waals surface area (Å²) < 4.78 is 6.99. The van der Waals surface area contributed by atoms with Crippen molar-refractivity contribution < 1.29 is 4.42 Å². The molecule has 0 saturated carbocycles. The minimum Gasteiger partial charge on any atom is -0.455 e. The summed E-state index contributed by atoms with van der Waals surface area (Å²) in [7, 11) is 0. The van der Waals surface area contributed by atoms with Crippen LogP contribution < -0.4 is 4.90 Å². The predicted octanol–water partition coefficient (Wildman–Crippen LogP) is 18.2. The van der Waals surface area contributed by atoms with E-state index in [9.17, 15) is 0 Å². The Balaban J connectivity index is 0.930. The van der Waals surface area contributed by atoms with Gasteiger partial charge in [-0.15, -0.1) is 0 Å². The molecule has 2 aliphatic rings. The zero-order valence-electron chi connectivity index (χ0n) is 37.5. The zero-order chi connectivity index (χ0) is 45.2. The van der Waals surface area contributed by atoms with Crippen LogP contribution in [0.5, 0.6) is 0 Å². The fraction of sp³-hybridized carbons (Fsp3) is 0.0149. The fourth-order valence-electron chi connectivity index (χ4n) is 12.3. The summed E-state index contributed by atoms with van der Waals surface area (Å²) >= 11 is 0. The van der Waals surface area contributed by atoms with Gasteiger partial charge in [0.15, 0.2) is 0 Å². The molecule has 2 heteroatoms. The number of nitrogens with zero attached hydrogens (tertiary/aromatic N) is 1. The van der Waals surface area contributed by atoms with E-state index in [2.05, 4.69) is 254 Å². The third kappa shape index (κ3) is 5.43. The van der Waals surface area contributed by atoms with Crippen molar-refractivity contribution in [3.05, 3.63) is 271 Å². The Kier molecular flexibility index (Phi) is 8.02. The molecular formula is C67H41NO. The summed E-state index contributed by atoms with van der Waals surface area (Å²) in [6, 6.07) is 91.8. The summed E-state index contributed by atoms with van der Waals surface area (Å²) in [4.78, 5) is 2.41. The molecule has 2 nitrogen and oxygen atoms in total. The largest absolute Gasteiger partial charge is 0.455 e. The topological polar surface area (TPSA) is 16.4 Å². The molecule has 13 aromatic rings. The number of anilines is 3. The molecular weight excluding hydrogens is 835 g/mol. The van der Waals surface area contributed by atoms with Crippen molar-refractivity contribution in [2.24, 2.45) is 0 Å². The van der Waals surface area contributed by atoms with Gasteiger partial charge >= 0.3 is 0 Å². The Morgan fingerprint density at radius 2 is 0.826 bits per heavy atom. The van der Waals surface area contributed by atoms with E-state index >= 15 is 0 Å². The average Bonchev–Trinajstić information content (AvgIpc) is 4.05. The Morgan fingerprint density at radius 3 is 1.48 bits per heavy atom. The molecule has 1 spiro atoms. The first-order valence-corrected chi connectivity index (χ1v) is 23.9. The van der Waals surface area contributed by atoms with E-state index < -0.39 is 5.41 Å². The van der Waals surface area contributed by atoms with E-state index in [0.29, 0.717) is 0 Å². The standard InChI is InChI=1S/C67H41NO/c1-3-17-45-38-49(34-31-42(45)15-1)68(50-35-32-43-16-2-4-18-46(43)39-50)63-29-14-30-64-65(63)58-41-57(51-21-5-6-25-56(51)66(58)69-64)48-20-13-19-44(37-48)47-33-36-55-54-24-9-12-28-61(54)67(62(55)40-47)59-26-10-7-22-52(59)53-23-8-11-27-60(53)67/h1-41H. The molecule has 15 rings (SSSR count). The third-order valence-corrected chi connectivity index (χ3v) is 15.2. The molecule has 0 saturated heterocycles. The van der Waals surface area contributed by atoms with Crippen molar-refractivity contribution in [2.75, 3.05) is 4.90 Å². The first-order chi connectivity index (χ1) is 34.2. The van der Waals surface area contributed by atoms with Crippen molar-refractivity contribution in [2.45, 2.75) is 5.41 Å². The van der Waals surface area contributed by atoms with Crippen molar-refractivity contribution in [3.63, 3.8) is 0 Å². The summed E-state index contributed by atoms with van der Waals surface area (Å²) in [5.74, 6) is 0. The lowest BCUT2D eigenvalue weighted by Crippen LogP contribution is -2.25. The van der Waals surface area contributed by atoms with Gasteiger partial charge in [0.25, 0.3) is 0 Å². The van der Waals surface area contributed by atoms with Crippen LogP contribution in [0.3, 0.4) is 0 Å². The highest BCUT2D eigenvalue weighted by Crippen LogP contribution is 2.63. The average molecular weight is 876 g/mol. The van der Waals surface area contributed by atoms with E-state index in [4.69, 9.17) is 4.42 Å². The van der Waals surface area contributed by atoms with E-state index in [1.54, 1.807) is 0 Å². The van der Waals surface area contributed by atoms with Gasteiger partial charge in [-0.3, -0.25) is 0 Å². The summed E-state index contributed by atoms with van der Waals surface area (Å²) in [5.41, 5.74) is 20.0. The summed E-state index contributed by atoms with van der Waals surface area (Å²) in [6.07, 6.45) is 0. The van der Waals surface area contributed by atoms with Gasteiger partial charge < -0.3 is 9.32 Å². The van der Waals surface area contributed by atoms with Crippen molar-refractivity contribution in [1.29, 1.82) is 0 Å². The lowest BCUT2D eigenvalue weighted by molar-refractivity contribution is 0.672. The maximum atomic E-state index is 6.99. The lowest BCUT2D eigenvalue weighted by Gasteiger charge is -2.30. The predicted molar refractivity (Wildman–Crippen MR) is 288 cm³/mol. The quantitative estimate of drug-likeness (QED) is 0.171. The van der Waals surface area contributed by atoms with Gasteiger partial charge in [0.1, 0.15) is 11.2 Å². The number of rotatable bonds is 5. The van der Waals surface area contributed by atoms with Gasteiger partial charge in [-0.05, 0) is 148 Å². The molecule has 1 heterocycles. The van der Waals surface area contributed by atoms with Gasteiger partial charge in [0, 0.05) is 22.1 Å². The SMILES string of the molecule is c1cc(-c2ccc3c(c2)C2(c4ccccc4-c4ccccc42)c2ccccc2-3)cc(-c2cc3c(oc4cccc(N(c5ccc6ccccc6c5)c5ccc6ccccc6c5)c43)c3ccccc23)c1. The highest BCUT2D eigenvalue weighted by molar-refractivity contribution is 6.23. The number of hydrogen-bond donors (Lipinski definition) is 0. The van der Waals surface area contributed by atoms with Crippen LogP contribution in [-0.4, -0.2) is 0 Å². The zero-order valence-corrected chi connectivity index (χ0v) is 37.5. The maximum Gasteiger partial charge on any atom is 0.143 e. The van der Waals surface area contributed by atoms with Crippen molar-refractivity contribution in [1.82, 2.24) is 0 Å². The minimum atomic E-state index is -0.401. The summed E-state index contributed by atoms with van der Waals surface area (Å²) in [5, 5.41) is 9.23. The van der Waals surface area contributed by atoms with Crippen molar-refractivity contribution in [3.8, 4) is 44.5 Å². The molecule has 0 unspecified atom stereocenters. The second-order valence-corrected chi connectivity index (χ2v) is 18.7. The molecule has 320 valence electrons. The number of furan rings is 1. The molecule has 0 aliphatic heterocycles. The monoisotopic (exact) mass is 875 g/mol. The van der Waals surface area contributed by atoms with E-state index in [-0.39, 0.29) is 0 Å². The van der Waals surface area contributed by atoms with Crippen LogP contribution >= 0.6 is 0 Å². The summed E-state index contributed by atoms with van der Waals surface area (Å²) in [6.45, 7) is 0. The van der Waals surface area contributed by atoms with Gasteiger partial charge in [-0.1, -0.05) is 194 Å². The van der Waals surface area contributed by atoms with Crippen LogP contribution in [-0.2, 0) is 5.41 Å². The number of fused-ring (bicyclic) bond motifs is 17. The van der Waals surface area contributed by atoms with Gasteiger partial charge in [-0.2, -0.15) is 0 Å². The van der Waals surface area contributed by atoms with Gasteiger partial charge in [0.2, 0.25) is 0 Å². The maximum absolute atomic E-state index is 6.99. The molecule has 1 aromatic heterocycles. The first kappa shape index (κ1) is 38.2. The molecule has 0 amide bonds. The number of hydrogen-bond acceptors (Lipinski definition) is 2. The Labute approximate surface area is 399 Å². The first-order valence-electron chi connectivity index (χ1n) is 23.9. The Morgan fingerprint density at radius 1 is 0.304 bits per heavy atom. The third-order valence-electron chi connectivity index (χ3n) is 15.2. The fourth-order valence-corrected chi connectivity index (χ4v) is 12.3. The molecule has 0 N–H and O–H groups in total. The molecule has 0 atom stereocenters. The smallest absolute Gasteiger partial charge is 0.143 e. The molecule has 0 radical (unpaired) electrons.